The van der Waals surface area contributed by atoms with Crippen LogP contribution in [0.15, 0.2) is 12.4 Å². The van der Waals surface area contributed by atoms with Gasteiger partial charge in [0, 0.05) is 31.8 Å². The quantitative estimate of drug-likeness (QED) is 0.846. The van der Waals surface area contributed by atoms with E-state index in [-0.39, 0.29) is 18.1 Å². The second-order valence-electron chi connectivity index (χ2n) is 6.33. The number of rotatable bonds is 3. The molecular weight excluding hydrogens is 296 g/mol. The van der Waals surface area contributed by atoms with Crippen molar-refractivity contribution >= 4 is 17.8 Å². The summed E-state index contributed by atoms with van der Waals surface area (Å²) in [6.07, 6.45) is 3.86. The highest BCUT2D eigenvalue weighted by atomic mass is 16.6. The summed E-state index contributed by atoms with van der Waals surface area (Å²) in [7, 11) is 0. The number of piperidine rings is 1. The third-order valence-corrected chi connectivity index (χ3v) is 4.51. The van der Waals surface area contributed by atoms with Crippen molar-refractivity contribution in [2.75, 3.05) is 24.5 Å². The number of amides is 2. The number of hydrogen-bond donors (Lipinski definition) is 0. The largest absolute Gasteiger partial charge is 0.444 e. The number of anilines is 1. The van der Waals surface area contributed by atoms with E-state index in [1.165, 1.54) is 6.33 Å². The normalized spacial score (nSPS) is 22.3. The molecule has 0 N–H and O–H groups in total. The fraction of sp³-hybridized carbons (Fsp3) is 0.625. The molecule has 0 aromatic carbocycles. The molecule has 0 saturated carbocycles. The molecule has 23 heavy (non-hydrogen) atoms. The van der Waals surface area contributed by atoms with Crippen LogP contribution >= 0.6 is 0 Å². The van der Waals surface area contributed by atoms with Crippen molar-refractivity contribution in [2.24, 2.45) is 5.92 Å². The van der Waals surface area contributed by atoms with Crippen LogP contribution in [0.5, 0.6) is 0 Å². The Kier molecular flexibility index (Phi) is 4.45. The minimum Gasteiger partial charge on any atom is -0.444 e. The third-order valence-electron chi connectivity index (χ3n) is 4.51. The van der Waals surface area contributed by atoms with Gasteiger partial charge in [-0.1, -0.05) is 0 Å². The van der Waals surface area contributed by atoms with Crippen LogP contribution < -0.4 is 4.90 Å². The SMILES string of the molecule is CC(=O)N1CCC(Cc2cc(N3C[C@@H](C)OC3=O)ncn2)CC1. The Hall–Kier alpha value is -2.18. The van der Waals surface area contributed by atoms with E-state index in [2.05, 4.69) is 9.97 Å². The van der Waals surface area contributed by atoms with Crippen LogP contribution in [-0.4, -0.2) is 52.6 Å². The number of aromatic nitrogens is 2. The first-order chi connectivity index (χ1) is 11.0. The number of likely N-dealkylation sites (tertiary alicyclic amines) is 1. The topological polar surface area (TPSA) is 75.6 Å². The second-order valence-corrected chi connectivity index (χ2v) is 6.33. The van der Waals surface area contributed by atoms with Crippen molar-refractivity contribution in [3.63, 3.8) is 0 Å². The van der Waals surface area contributed by atoms with Crippen LogP contribution in [0.1, 0.15) is 32.4 Å². The van der Waals surface area contributed by atoms with E-state index in [0.717, 1.165) is 38.0 Å². The fourth-order valence-corrected chi connectivity index (χ4v) is 3.18. The first-order valence-electron chi connectivity index (χ1n) is 8.07. The summed E-state index contributed by atoms with van der Waals surface area (Å²) in [5, 5.41) is 0. The van der Waals surface area contributed by atoms with E-state index in [9.17, 15) is 9.59 Å². The summed E-state index contributed by atoms with van der Waals surface area (Å²) in [6.45, 7) is 5.63. The lowest BCUT2D eigenvalue weighted by Gasteiger charge is -2.31. The molecule has 0 bridgehead atoms. The lowest BCUT2D eigenvalue weighted by atomic mass is 9.92. The average molecular weight is 318 g/mol. The summed E-state index contributed by atoms with van der Waals surface area (Å²) in [6, 6.07) is 1.87. The van der Waals surface area contributed by atoms with Gasteiger partial charge in [0.05, 0.1) is 6.54 Å². The lowest BCUT2D eigenvalue weighted by Crippen LogP contribution is -2.37. The summed E-state index contributed by atoms with van der Waals surface area (Å²) in [5.41, 5.74) is 0.934. The van der Waals surface area contributed by atoms with E-state index < -0.39 is 0 Å². The molecule has 2 amide bonds. The highest BCUT2D eigenvalue weighted by molar-refractivity contribution is 5.88. The summed E-state index contributed by atoms with van der Waals surface area (Å²) >= 11 is 0. The van der Waals surface area contributed by atoms with Crippen LogP contribution in [0.25, 0.3) is 0 Å². The van der Waals surface area contributed by atoms with E-state index in [4.69, 9.17) is 4.74 Å². The molecule has 3 heterocycles. The van der Waals surface area contributed by atoms with Gasteiger partial charge >= 0.3 is 6.09 Å². The minimum absolute atomic E-state index is 0.114. The first kappa shape index (κ1) is 15.7. The van der Waals surface area contributed by atoms with Gasteiger partial charge in [-0.3, -0.25) is 9.69 Å². The van der Waals surface area contributed by atoms with Crippen molar-refractivity contribution in [2.45, 2.75) is 39.2 Å². The van der Waals surface area contributed by atoms with E-state index in [1.807, 2.05) is 17.9 Å². The van der Waals surface area contributed by atoms with Crippen molar-refractivity contribution < 1.29 is 14.3 Å². The number of carbonyl (C=O) groups excluding carboxylic acids is 2. The lowest BCUT2D eigenvalue weighted by molar-refractivity contribution is -0.130. The maximum absolute atomic E-state index is 11.8. The van der Waals surface area contributed by atoms with Gasteiger partial charge in [0.1, 0.15) is 18.2 Å². The summed E-state index contributed by atoms with van der Waals surface area (Å²) in [5.74, 6) is 1.26. The maximum Gasteiger partial charge on any atom is 0.415 e. The predicted octanol–water partition coefficient (Wildman–Crippen LogP) is 1.62. The number of hydrogen-bond acceptors (Lipinski definition) is 5. The molecule has 0 aliphatic carbocycles. The Labute approximate surface area is 135 Å². The highest BCUT2D eigenvalue weighted by Gasteiger charge is 2.30. The molecule has 7 heteroatoms. The second kappa shape index (κ2) is 6.52. The molecule has 1 aromatic rings. The monoisotopic (exact) mass is 318 g/mol. The molecule has 7 nitrogen and oxygen atoms in total. The van der Waals surface area contributed by atoms with Gasteiger partial charge in [-0.25, -0.2) is 14.8 Å². The van der Waals surface area contributed by atoms with Crippen LogP contribution in [0, 0.1) is 5.92 Å². The molecule has 0 unspecified atom stereocenters. The van der Waals surface area contributed by atoms with Gasteiger partial charge in [0.15, 0.2) is 0 Å². The fourth-order valence-electron chi connectivity index (χ4n) is 3.18. The average Bonchev–Trinajstić information content (AvgIpc) is 2.87. The van der Waals surface area contributed by atoms with Gasteiger partial charge in [-0.2, -0.15) is 0 Å². The van der Waals surface area contributed by atoms with Crippen LogP contribution in [-0.2, 0) is 16.0 Å². The van der Waals surface area contributed by atoms with E-state index in [1.54, 1.807) is 11.8 Å². The van der Waals surface area contributed by atoms with E-state index >= 15 is 0 Å². The van der Waals surface area contributed by atoms with Crippen molar-refractivity contribution in [3.8, 4) is 0 Å². The van der Waals surface area contributed by atoms with Crippen LogP contribution in [0.2, 0.25) is 0 Å². The number of carbonyl (C=O) groups is 2. The van der Waals surface area contributed by atoms with Gasteiger partial charge in [0.2, 0.25) is 5.91 Å². The molecular formula is C16H22N4O3. The summed E-state index contributed by atoms with van der Waals surface area (Å²) in [4.78, 5) is 35.1. The zero-order valence-electron chi connectivity index (χ0n) is 13.6. The zero-order chi connectivity index (χ0) is 16.4. The highest BCUT2D eigenvalue weighted by Crippen LogP contribution is 2.24. The maximum atomic E-state index is 11.8. The van der Waals surface area contributed by atoms with Crippen molar-refractivity contribution in [3.05, 3.63) is 18.1 Å². The molecule has 124 valence electrons. The minimum atomic E-state index is -0.350. The standard InChI is InChI=1S/C16H22N4O3/c1-11-9-20(16(22)23-11)15-8-14(17-10-18-15)7-13-3-5-19(6-4-13)12(2)21/h8,10-11,13H,3-7,9H2,1-2H3/t11-/m1/s1. The molecule has 1 aromatic heterocycles. The molecule has 1 atom stereocenters. The van der Waals surface area contributed by atoms with Crippen LogP contribution in [0.3, 0.4) is 0 Å². The Balaban J connectivity index is 1.62. The number of ether oxygens (including phenoxy) is 1. The van der Waals surface area contributed by atoms with Gasteiger partial charge < -0.3 is 9.64 Å². The van der Waals surface area contributed by atoms with Gasteiger partial charge in [-0.15, -0.1) is 0 Å². The molecule has 0 spiro atoms. The first-order valence-corrected chi connectivity index (χ1v) is 8.07. The molecule has 2 saturated heterocycles. The van der Waals surface area contributed by atoms with Gasteiger partial charge in [0.25, 0.3) is 0 Å². The molecule has 2 fully saturated rings. The third kappa shape index (κ3) is 3.60. The van der Waals surface area contributed by atoms with Crippen molar-refractivity contribution in [1.82, 2.24) is 14.9 Å². The Morgan fingerprint density at radius 3 is 2.70 bits per heavy atom. The van der Waals surface area contributed by atoms with E-state index in [0.29, 0.717) is 18.3 Å². The predicted molar refractivity (Wildman–Crippen MR) is 84.0 cm³/mol. The molecule has 3 rings (SSSR count). The van der Waals surface area contributed by atoms with Gasteiger partial charge in [-0.05, 0) is 32.1 Å². The number of cyclic esters (lactones) is 1. The Morgan fingerprint density at radius 1 is 1.35 bits per heavy atom. The van der Waals surface area contributed by atoms with Crippen molar-refractivity contribution in [1.29, 1.82) is 0 Å². The molecule has 2 aliphatic heterocycles. The molecule has 2 aliphatic rings. The summed E-state index contributed by atoms with van der Waals surface area (Å²) < 4.78 is 5.14. The van der Waals surface area contributed by atoms with Crippen LogP contribution in [0.4, 0.5) is 10.6 Å². The Bertz CT molecular complexity index is 599. The molecule has 0 radical (unpaired) electrons. The Morgan fingerprint density at radius 2 is 2.09 bits per heavy atom. The number of nitrogens with zero attached hydrogens (tertiary/aromatic N) is 4. The smallest absolute Gasteiger partial charge is 0.415 e. The zero-order valence-corrected chi connectivity index (χ0v) is 13.6.